The van der Waals surface area contributed by atoms with Crippen LogP contribution >= 0.6 is 0 Å². The highest BCUT2D eigenvalue weighted by molar-refractivity contribution is 6.11. The summed E-state index contributed by atoms with van der Waals surface area (Å²) in [5.41, 5.74) is 1.82. The minimum atomic E-state index is -0.0916. The summed E-state index contributed by atoms with van der Waals surface area (Å²) in [4.78, 5) is 24.2. The summed E-state index contributed by atoms with van der Waals surface area (Å²) >= 11 is 0. The average molecular weight is 195 g/mol. The van der Waals surface area contributed by atoms with Crippen LogP contribution in [0.4, 0.5) is 0 Å². The van der Waals surface area contributed by atoms with E-state index in [1.165, 1.54) is 4.90 Å². The van der Waals surface area contributed by atoms with Gasteiger partial charge in [0.1, 0.15) is 0 Å². The first-order chi connectivity index (χ1) is 6.57. The van der Waals surface area contributed by atoms with E-state index in [0.717, 1.165) is 24.0 Å². The predicted molar refractivity (Wildman–Crippen MR) is 54.6 cm³/mol. The first kappa shape index (κ1) is 11.0. The van der Waals surface area contributed by atoms with Crippen molar-refractivity contribution in [2.24, 2.45) is 0 Å². The van der Waals surface area contributed by atoms with Crippen molar-refractivity contribution >= 4 is 11.8 Å². The quantitative estimate of drug-likeness (QED) is 0.509. The van der Waals surface area contributed by atoms with Gasteiger partial charge in [-0.15, -0.1) is 0 Å². The third-order valence-electron chi connectivity index (χ3n) is 2.47. The Balaban J connectivity index is 2.49. The zero-order valence-electron chi connectivity index (χ0n) is 9.09. The molecule has 1 aliphatic rings. The van der Waals surface area contributed by atoms with Crippen LogP contribution in [0.3, 0.4) is 0 Å². The molecular formula is C11H17NO2. The third kappa shape index (κ3) is 2.03. The smallest absolute Gasteiger partial charge is 0.258 e. The fourth-order valence-corrected chi connectivity index (χ4v) is 1.41. The van der Waals surface area contributed by atoms with Gasteiger partial charge >= 0.3 is 0 Å². The van der Waals surface area contributed by atoms with Crippen molar-refractivity contribution in [1.29, 1.82) is 0 Å². The molecule has 0 bridgehead atoms. The van der Waals surface area contributed by atoms with Gasteiger partial charge in [-0.2, -0.15) is 0 Å². The van der Waals surface area contributed by atoms with Crippen LogP contribution in [0.2, 0.25) is 0 Å². The van der Waals surface area contributed by atoms with Crippen molar-refractivity contribution in [2.75, 3.05) is 6.54 Å². The topological polar surface area (TPSA) is 37.4 Å². The molecule has 0 aromatic heterocycles. The summed E-state index contributed by atoms with van der Waals surface area (Å²) in [5, 5.41) is 0. The van der Waals surface area contributed by atoms with Gasteiger partial charge in [-0.3, -0.25) is 14.5 Å². The minimum absolute atomic E-state index is 0.0261. The molecule has 0 aromatic rings. The fourth-order valence-electron chi connectivity index (χ4n) is 1.41. The van der Waals surface area contributed by atoms with Crippen molar-refractivity contribution in [2.45, 2.75) is 40.0 Å². The van der Waals surface area contributed by atoms with E-state index in [9.17, 15) is 9.59 Å². The highest BCUT2D eigenvalue weighted by Gasteiger charge is 2.35. The molecule has 14 heavy (non-hydrogen) atoms. The molecule has 3 heteroatoms. The van der Waals surface area contributed by atoms with Gasteiger partial charge in [0.05, 0.1) is 6.54 Å². The Morgan fingerprint density at radius 1 is 1.43 bits per heavy atom. The van der Waals surface area contributed by atoms with Crippen molar-refractivity contribution < 1.29 is 9.59 Å². The number of rotatable bonds is 3. The van der Waals surface area contributed by atoms with Crippen molar-refractivity contribution in [1.82, 2.24) is 4.90 Å². The second-order valence-corrected chi connectivity index (χ2v) is 3.87. The summed E-state index contributed by atoms with van der Waals surface area (Å²) in [6, 6.07) is 0. The number of nitrogens with zero attached hydrogens (tertiary/aromatic N) is 1. The summed E-state index contributed by atoms with van der Waals surface area (Å²) in [6.07, 6.45) is 2.36. The molecule has 1 rings (SSSR count). The highest BCUT2D eigenvalue weighted by Crippen LogP contribution is 2.21. The van der Waals surface area contributed by atoms with Crippen LogP contribution in [0.25, 0.3) is 0 Å². The number of amides is 2. The van der Waals surface area contributed by atoms with E-state index in [4.69, 9.17) is 0 Å². The molecule has 0 atom stereocenters. The highest BCUT2D eigenvalue weighted by atomic mass is 16.2. The molecule has 0 aromatic carbocycles. The Morgan fingerprint density at radius 3 is 2.50 bits per heavy atom. The molecule has 1 fully saturated rings. The molecule has 0 unspecified atom stereocenters. The lowest BCUT2D eigenvalue weighted by atomic mass is 10.0. The molecule has 1 saturated heterocycles. The Kier molecular flexibility index (Phi) is 3.44. The normalized spacial score (nSPS) is 15.5. The SMILES string of the molecule is CCCCC(=O)N1CC(=C(C)C)C1=O. The van der Waals surface area contributed by atoms with Gasteiger partial charge in [-0.05, 0) is 20.3 Å². The maximum Gasteiger partial charge on any atom is 0.258 e. The van der Waals surface area contributed by atoms with Gasteiger partial charge in [-0.1, -0.05) is 18.9 Å². The van der Waals surface area contributed by atoms with E-state index in [-0.39, 0.29) is 11.8 Å². The lowest BCUT2D eigenvalue weighted by Crippen LogP contribution is -2.50. The number of imide groups is 1. The Morgan fingerprint density at radius 2 is 2.07 bits per heavy atom. The van der Waals surface area contributed by atoms with E-state index in [0.29, 0.717) is 13.0 Å². The van der Waals surface area contributed by atoms with E-state index < -0.39 is 0 Å². The number of β-lactam (4-membered cyclic amide) rings is 1. The van der Waals surface area contributed by atoms with Gasteiger partial charge in [0.15, 0.2) is 0 Å². The first-order valence-corrected chi connectivity index (χ1v) is 5.09. The Bertz CT molecular complexity index is 288. The van der Waals surface area contributed by atoms with Gasteiger partial charge in [0.2, 0.25) is 5.91 Å². The molecule has 2 amide bonds. The second-order valence-electron chi connectivity index (χ2n) is 3.87. The molecule has 0 saturated carbocycles. The van der Waals surface area contributed by atoms with Gasteiger partial charge in [0.25, 0.3) is 5.91 Å². The number of likely N-dealkylation sites (tertiary alicyclic amines) is 1. The van der Waals surface area contributed by atoms with Crippen LogP contribution < -0.4 is 0 Å². The number of hydrogen-bond donors (Lipinski definition) is 0. The zero-order chi connectivity index (χ0) is 10.7. The van der Waals surface area contributed by atoms with E-state index in [2.05, 4.69) is 0 Å². The van der Waals surface area contributed by atoms with E-state index in [1.54, 1.807) is 0 Å². The molecule has 78 valence electrons. The number of allylic oxidation sites excluding steroid dienone is 1. The molecule has 1 aliphatic heterocycles. The van der Waals surface area contributed by atoms with E-state index in [1.807, 2.05) is 20.8 Å². The molecular weight excluding hydrogens is 178 g/mol. The lowest BCUT2D eigenvalue weighted by molar-refractivity contribution is -0.147. The standard InChI is InChI=1S/C11H17NO2/c1-4-5-6-10(13)12-7-9(8(2)3)11(12)14/h4-7H2,1-3H3. The number of hydrogen-bond acceptors (Lipinski definition) is 2. The maximum atomic E-state index is 11.5. The van der Waals surface area contributed by atoms with Gasteiger partial charge < -0.3 is 0 Å². The lowest BCUT2D eigenvalue weighted by Gasteiger charge is -2.32. The molecule has 3 nitrogen and oxygen atoms in total. The van der Waals surface area contributed by atoms with Crippen LogP contribution in [-0.4, -0.2) is 23.3 Å². The molecule has 1 heterocycles. The summed E-state index contributed by atoms with van der Waals surface area (Å²) in [6.45, 7) is 6.36. The van der Waals surface area contributed by atoms with Crippen molar-refractivity contribution in [3.8, 4) is 0 Å². The zero-order valence-corrected chi connectivity index (χ0v) is 9.09. The van der Waals surface area contributed by atoms with Crippen LogP contribution in [0.5, 0.6) is 0 Å². The largest absolute Gasteiger partial charge is 0.274 e. The molecule has 0 N–H and O–H groups in total. The first-order valence-electron chi connectivity index (χ1n) is 5.09. The summed E-state index contributed by atoms with van der Waals surface area (Å²) in [7, 11) is 0. The number of carbonyl (C=O) groups is 2. The van der Waals surface area contributed by atoms with Crippen LogP contribution in [0, 0.1) is 0 Å². The van der Waals surface area contributed by atoms with Crippen molar-refractivity contribution in [3.05, 3.63) is 11.1 Å². The Hall–Kier alpha value is -1.12. The van der Waals surface area contributed by atoms with Crippen LogP contribution in [0.1, 0.15) is 40.0 Å². The fraction of sp³-hybridized carbons (Fsp3) is 0.636. The van der Waals surface area contributed by atoms with Gasteiger partial charge in [-0.25, -0.2) is 0 Å². The summed E-state index contributed by atoms with van der Waals surface area (Å²) < 4.78 is 0. The third-order valence-corrected chi connectivity index (χ3v) is 2.47. The van der Waals surface area contributed by atoms with E-state index >= 15 is 0 Å². The maximum absolute atomic E-state index is 11.5. The predicted octanol–water partition coefficient (Wildman–Crippen LogP) is 1.88. The molecule has 0 spiro atoms. The molecule has 0 aliphatic carbocycles. The summed E-state index contributed by atoms with van der Waals surface area (Å²) in [5.74, 6) is -0.118. The Labute approximate surface area is 84.8 Å². The number of carbonyl (C=O) groups excluding carboxylic acids is 2. The second kappa shape index (κ2) is 4.40. The van der Waals surface area contributed by atoms with Crippen LogP contribution in [-0.2, 0) is 9.59 Å². The monoisotopic (exact) mass is 195 g/mol. The van der Waals surface area contributed by atoms with Crippen molar-refractivity contribution in [3.63, 3.8) is 0 Å². The number of unbranched alkanes of at least 4 members (excludes halogenated alkanes) is 1. The average Bonchev–Trinajstić information content (AvgIpc) is 2.11. The molecule has 0 radical (unpaired) electrons. The minimum Gasteiger partial charge on any atom is -0.274 e. The van der Waals surface area contributed by atoms with Gasteiger partial charge in [0, 0.05) is 12.0 Å². The van der Waals surface area contributed by atoms with Crippen LogP contribution in [0.15, 0.2) is 11.1 Å².